The minimum absolute atomic E-state index is 0.339. The van der Waals surface area contributed by atoms with E-state index in [4.69, 9.17) is 0 Å². The zero-order valence-electron chi connectivity index (χ0n) is 10.9. The maximum Gasteiger partial charge on any atom is 0.0586 e. The molecule has 0 aromatic rings. The average Bonchev–Trinajstić information content (AvgIpc) is 2.70. The number of hydrogen-bond donors (Lipinski definition) is 2. The summed E-state index contributed by atoms with van der Waals surface area (Å²) in [5, 5.41) is 12.7. The maximum absolute atomic E-state index is 9.18. The fourth-order valence-electron chi connectivity index (χ4n) is 2.35. The van der Waals surface area contributed by atoms with E-state index >= 15 is 0 Å². The molecule has 0 aliphatic carbocycles. The summed E-state index contributed by atoms with van der Waals surface area (Å²) in [6.45, 7) is 9.43. The van der Waals surface area contributed by atoms with E-state index in [9.17, 15) is 5.11 Å². The molecule has 1 atom stereocenters. The second kappa shape index (κ2) is 8.04. The number of nitrogens with zero attached hydrogens (tertiary/aromatic N) is 1. The lowest BCUT2D eigenvalue weighted by atomic mass is 10.2. The highest BCUT2D eigenvalue weighted by molar-refractivity contribution is 4.78. The van der Waals surface area contributed by atoms with Crippen LogP contribution in [0.25, 0.3) is 0 Å². The predicted octanol–water partition coefficient (Wildman–Crippen LogP) is 1.47. The molecular weight excluding hydrogens is 200 g/mol. The van der Waals surface area contributed by atoms with Crippen LogP contribution < -0.4 is 5.32 Å². The van der Waals surface area contributed by atoms with E-state index < -0.39 is 0 Å². The number of aliphatic hydroxyl groups is 1. The molecule has 1 heterocycles. The Balaban J connectivity index is 1.94. The molecule has 1 saturated heterocycles. The van der Waals surface area contributed by atoms with Gasteiger partial charge >= 0.3 is 0 Å². The summed E-state index contributed by atoms with van der Waals surface area (Å²) in [6, 6.07) is 0.448. The van der Waals surface area contributed by atoms with Crippen molar-refractivity contribution in [2.75, 3.05) is 32.8 Å². The van der Waals surface area contributed by atoms with E-state index in [2.05, 4.69) is 24.1 Å². The van der Waals surface area contributed by atoms with Crippen molar-refractivity contribution >= 4 is 0 Å². The highest BCUT2D eigenvalue weighted by atomic mass is 16.3. The van der Waals surface area contributed by atoms with Gasteiger partial charge in [-0.05, 0) is 57.8 Å². The normalized spacial score (nSPS) is 22.1. The lowest BCUT2D eigenvalue weighted by molar-refractivity contribution is 0.157. The second-order valence-electron chi connectivity index (χ2n) is 5.32. The molecule has 3 nitrogen and oxygen atoms in total. The predicted molar refractivity (Wildman–Crippen MR) is 68.6 cm³/mol. The highest BCUT2D eigenvalue weighted by Crippen LogP contribution is 2.16. The Labute approximate surface area is 100 Å². The molecule has 0 saturated carbocycles. The minimum Gasteiger partial charge on any atom is -0.395 e. The number of aliphatic hydroxyl groups excluding tert-OH is 1. The van der Waals surface area contributed by atoms with Crippen LogP contribution in [0.4, 0.5) is 0 Å². The summed E-state index contributed by atoms with van der Waals surface area (Å²) in [5.74, 6) is 0.748. The third-order valence-electron chi connectivity index (χ3n) is 3.31. The molecule has 0 aromatic carbocycles. The number of likely N-dealkylation sites (tertiary alicyclic amines) is 1. The SMILES string of the molecule is CC(C)CNCCCCN1CCCC1CO. The van der Waals surface area contributed by atoms with E-state index in [-0.39, 0.29) is 0 Å². The van der Waals surface area contributed by atoms with Crippen molar-refractivity contribution in [3.63, 3.8) is 0 Å². The van der Waals surface area contributed by atoms with Crippen molar-refractivity contribution in [1.29, 1.82) is 0 Å². The van der Waals surface area contributed by atoms with Gasteiger partial charge in [0, 0.05) is 6.04 Å². The standard InChI is InChI=1S/C13H28N2O/c1-12(2)10-14-7-3-4-8-15-9-5-6-13(15)11-16/h12-14,16H,3-11H2,1-2H3. The molecule has 2 N–H and O–H groups in total. The fraction of sp³-hybridized carbons (Fsp3) is 1.00. The largest absolute Gasteiger partial charge is 0.395 e. The van der Waals surface area contributed by atoms with Gasteiger partial charge < -0.3 is 10.4 Å². The van der Waals surface area contributed by atoms with Gasteiger partial charge in [-0.15, -0.1) is 0 Å². The molecule has 96 valence electrons. The van der Waals surface area contributed by atoms with Crippen LogP contribution in [0, 0.1) is 5.92 Å². The lowest BCUT2D eigenvalue weighted by Gasteiger charge is -2.22. The van der Waals surface area contributed by atoms with Crippen LogP contribution in [0.5, 0.6) is 0 Å². The van der Waals surface area contributed by atoms with Crippen LogP contribution in [0.2, 0.25) is 0 Å². The smallest absolute Gasteiger partial charge is 0.0586 e. The fourth-order valence-corrected chi connectivity index (χ4v) is 2.35. The summed E-state index contributed by atoms with van der Waals surface area (Å²) < 4.78 is 0. The molecule has 0 radical (unpaired) electrons. The zero-order chi connectivity index (χ0) is 11.8. The lowest BCUT2D eigenvalue weighted by Crippen LogP contribution is -2.33. The molecule has 0 amide bonds. The molecule has 1 aliphatic rings. The Bertz CT molecular complexity index is 173. The summed E-state index contributed by atoms with van der Waals surface area (Å²) in [6.07, 6.45) is 4.95. The van der Waals surface area contributed by atoms with Gasteiger partial charge in [0.2, 0.25) is 0 Å². The Hall–Kier alpha value is -0.120. The topological polar surface area (TPSA) is 35.5 Å². The van der Waals surface area contributed by atoms with Gasteiger partial charge in [0.05, 0.1) is 6.61 Å². The van der Waals surface area contributed by atoms with E-state index in [1.165, 1.54) is 32.2 Å². The number of nitrogens with one attached hydrogen (secondary N) is 1. The van der Waals surface area contributed by atoms with Crippen molar-refractivity contribution in [2.45, 2.75) is 45.6 Å². The summed E-state index contributed by atoms with van der Waals surface area (Å²) in [7, 11) is 0. The van der Waals surface area contributed by atoms with Crippen molar-refractivity contribution in [2.24, 2.45) is 5.92 Å². The van der Waals surface area contributed by atoms with E-state index in [1.54, 1.807) is 0 Å². The summed E-state index contributed by atoms with van der Waals surface area (Å²) in [4.78, 5) is 2.45. The molecule has 0 spiro atoms. The van der Waals surface area contributed by atoms with Crippen LogP contribution >= 0.6 is 0 Å². The first kappa shape index (κ1) is 13.9. The van der Waals surface area contributed by atoms with Gasteiger partial charge in [-0.25, -0.2) is 0 Å². The van der Waals surface area contributed by atoms with E-state index in [1.807, 2.05) is 0 Å². The minimum atomic E-state index is 0.339. The zero-order valence-corrected chi connectivity index (χ0v) is 10.9. The van der Waals surface area contributed by atoms with Gasteiger partial charge in [-0.2, -0.15) is 0 Å². The van der Waals surface area contributed by atoms with Crippen molar-refractivity contribution in [3.8, 4) is 0 Å². The second-order valence-corrected chi connectivity index (χ2v) is 5.32. The Morgan fingerprint density at radius 2 is 2.19 bits per heavy atom. The van der Waals surface area contributed by atoms with Gasteiger partial charge in [0.25, 0.3) is 0 Å². The number of unbranched alkanes of at least 4 members (excludes halogenated alkanes) is 1. The third-order valence-corrected chi connectivity index (χ3v) is 3.31. The average molecular weight is 228 g/mol. The quantitative estimate of drug-likeness (QED) is 0.618. The number of hydrogen-bond acceptors (Lipinski definition) is 3. The molecule has 3 heteroatoms. The van der Waals surface area contributed by atoms with Crippen LogP contribution in [0.15, 0.2) is 0 Å². The van der Waals surface area contributed by atoms with Crippen molar-refractivity contribution in [3.05, 3.63) is 0 Å². The molecule has 0 bridgehead atoms. The van der Waals surface area contributed by atoms with E-state index in [0.717, 1.165) is 25.6 Å². The molecule has 1 unspecified atom stereocenters. The third kappa shape index (κ3) is 5.28. The molecule has 16 heavy (non-hydrogen) atoms. The Morgan fingerprint density at radius 3 is 2.88 bits per heavy atom. The van der Waals surface area contributed by atoms with Gasteiger partial charge in [0.1, 0.15) is 0 Å². The Morgan fingerprint density at radius 1 is 1.38 bits per heavy atom. The van der Waals surface area contributed by atoms with E-state index in [0.29, 0.717) is 12.6 Å². The summed E-state index contributed by atoms with van der Waals surface area (Å²) >= 11 is 0. The summed E-state index contributed by atoms with van der Waals surface area (Å²) in [5.41, 5.74) is 0. The van der Waals surface area contributed by atoms with Gasteiger partial charge in [-0.1, -0.05) is 13.8 Å². The molecular formula is C13H28N2O. The van der Waals surface area contributed by atoms with Crippen LogP contribution in [0.3, 0.4) is 0 Å². The van der Waals surface area contributed by atoms with Crippen LogP contribution in [0.1, 0.15) is 39.5 Å². The molecule has 0 aromatic heterocycles. The molecule has 1 aliphatic heterocycles. The Kier molecular flexibility index (Phi) is 7.01. The van der Waals surface area contributed by atoms with Gasteiger partial charge in [0.15, 0.2) is 0 Å². The monoisotopic (exact) mass is 228 g/mol. The first-order valence-corrected chi connectivity index (χ1v) is 6.79. The van der Waals surface area contributed by atoms with Gasteiger partial charge in [-0.3, -0.25) is 4.90 Å². The van der Waals surface area contributed by atoms with Crippen LogP contribution in [-0.2, 0) is 0 Å². The van der Waals surface area contributed by atoms with Crippen molar-refractivity contribution < 1.29 is 5.11 Å². The first-order valence-electron chi connectivity index (χ1n) is 6.79. The molecule has 1 rings (SSSR count). The number of rotatable bonds is 8. The van der Waals surface area contributed by atoms with Crippen molar-refractivity contribution in [1.82, 2.24) is 10.2 Å². The highest BCUT2D eigenvalue weighted by Gasteiger charge is 2.22. The first-order chi connectivity index (χ1) is 7.74. The van der Waals surface area contributed by atoms with Crippen LogP contribution in [-0.4, -0.2) is 48.8 Å². The maximum atomic E-state index is 9.18. The molecule has 1 fully saturated rings.